The SMILES string of the molecule is CC(=O)Nc1cccc(-n2cnnc2SC(C(N)=O)c2ccc(F)cc2)c1. The van der Waals surface area contributed by atoms with Crippen molar-refractivity contribution in [3.05, 3.63) is 66.2 Å². The fourth-order valence-electron chi connectivity index (χ4n) is 2.45. The van der Waals surface area contributed by atoms with Crippen LogP contribution in [0.25, 0.3) is 5.69 Å². The van der Waals surface area contributed by atoms with Crippen LogP contribution < -0.4 is 11.1 Å². The van der Waals surface area contributed by atoms with E-state index in [2.05, 4.69) is 15.5 Å². The lowest BCUT2D eigenvalue weighted by atomic mass is 10.1. The molecular formula is C18H16FN5O2S. The molecule has 0 aliphatic carbocycles. The van der Waals surface area contributed by atoms with E-state index < -0.39 is 17.0 Å². The van der Waals surface area contributed by atoms with E-state index >= 15 is 0 Å². The number of nitrogens with zero attached hydrogens (tertiary/aromatic N) is 3. The van der Waals surface area contributed by atoms with Crippen LogP contribution in [-0.4, -0.2) is 26.6 Å². The summed E-state index contributed by atoms with van der Waals surface area (Å²) < 4.78 is 14.8. The second-order valence-electron chi connectivity index (χ2n) is 5.67. The number of carbonyl (C=O) groups is 2. The van der Waals surface area contributed by atoms with Gasteiger partial charge in [0.1, 0.15) is 17.4 Å². The molecule has 0 saturated heterocycles. The van der Waals surface area contributed by atoms with Gasteiger partial charge < -0.3 is 11.1 Å². The highest BCUT2D eigenvalue weighted by Crippen LogP contribution is 2.35. The zero-order valence-corrected chi connectivity index (χ0v) is 15.1. The van der Waals surface area contributed by atoms with Gasteiger partial charge in [-0.2, -0.15) is 0 Å². The molecule has 0 aliphatic heterocycles. The number of rotatable bonds is 6. The summed E-state index contributed by atoms with van der Waals surface area (Å²) in [7, 11) is 0. The number of hydrogen-bond acceptors (Lipinski definition) is 5. The van der Waals surface area contributed by atoms with Gasteiger partial charge in [-0.15, -0.1) is 10.2 Å². The Hall–Kier alpha value is -3.20. The Bertz CT molecular complexity index is 974. The molecule has 1 unspecified atom stereocenters. The van der Waals surface area contributed by atoms with E-state index in [-0.39, 0.29) is 5.91 Å². The molecule has 27 heavy (non-hydrogen) atoms. The molecule has 1 atom stereocenters. The van der Waals surface area contributed by atoms with Crippen molar-refractivity contribution < 1.29 is 14.0 Å². The molecule has 3 rings (SSSR count). The lowest BCUT2D eigenvalue weighted by molar-refractivity contribution is -0.117. The second kappa shape index (κ2) is 8.00. The average molecular weight is 385 g/mol. The average Bonchev–Trinajstić information content (AvgIpc) is 3.08. The smallest absolute Gasteiger partial charge is 0.235 e. The molecule has 0 fully saturated rings. The fourth-order valence-corrected chi connectivity index (χ4v) is 3.43. The van der Waals surface area contributed by atoms with Gasteiger partial charge in [0, 0.05) is 12.6 Å². The van der Waals surface area contributed by atoms with Gasteiger partial charge in [0.05, 0.1) is 5.69 Å². The third-order valence-corrected chi connectivity index (χ3v) is 4.84. The minimum atomic E-state index is -0.757. The Balaban J connectivity index is 1.91. The van der Waals surface area contributed by atoms with Crippen molar-refractivity contribution in [2.75, 3.05) is 5.32 Å². The van der Waals surface area contributed by atoms with E-state index in [4.69, 9.17) is 5.73 Å². The van der Waals surface area contributed by atoms with Crippen molar-refractivity contribution in [2.24, 2.45) is 5.73 Å². The van der Waals surface area contributed by atoms with Crippen molar-refractivity contribution in [3.8, 4) is 5.69 Å². The zero-order chi connectivity index (χ0) is 19.4. The van der Waals surface area contributed by atoms with Gasteiger partial charge in [0.25, 0.3) is 0 Å². The van der Waals surface area contributed by atoms with Crippen LogP contribution in [0.2, 0.25) is 0 Å². The monoisotopic (exact) mass is 385 g/mol. The Morgan fingerprint density at radius 3 is 2.63 bits per heavy atom. The van der Waals surface area contributed by atoms with Gasteiger partial charge in [-0.3, -0.25) is 14.2 Å². The Morgan fingerprint density at radius 2 is 1.96 bits per heavy atom. The van der Waals surface area contributed by atoms with Crippen molar-refractivity contribution in [2.45, 2.75) is 17.3 Å². The largest absolute Gasteiger partial charge is 0.368 e. The molecule has 2 amide bonds. The quantitative estimate of drug-likeness (QED) is 0.635. The minimum absolute atomic E-state index is 0.185. The van der Waals surface area contributed by atoms with Crippen LogP contribution in [0, 0.1) is 5.82 Å². The van der Waals surface area contributed by atoms with E-state index in [1.165, 1.54) is 37.5 Å². The lowest BCUT2D eigenvalue weighted by Gasteiger charge is -2.14. The Morgan fingerprint density at radius 1 is 1.22 bits per heavy atom. The number of aromatic nitrogens is 3. The zero-order valence-electron chi connectivity index (χ0n) is 14.3. The number of nitrogens with one attached hydrogen (secondary N) is 1. The van der Waals surface area contributed by atoms with Gasteiger partial charge in [-0.25, -0.2) is 4.39 Å². The topological polar surface area (TPSA) is 103 Å². The molecule has 0 spiro atoms. The summed E-state index contributed by atoms with van der Waals surface area (Å²) in [6.07, 6.45) is 1.50. The summed E-state index contributed by atoms with van der Waals surface area (Å²) in [6, 6.07) is 12.7. The first-order chi connectivity index (χ1) is 12.9. The molecule has 3 aromatic rings. The highest BCUT2D eigenvalue weighted by Gasteiger charge is 2.23. The van der Waals surface area contributed by atoms with Crippen molar-refractivity contribution in [3.63, 3.8) is 0 Å². The predicted octanol–water partition coefficient (Wildman–Crippen LogP) is 2.68. The maximum atomic E-state index is 13.2. The third-order valence-electron chi connectivity index (χ3n) is 3.62. The van der Waals surface area contributed by atoms with Crippen molar-refractivity contribution in [1.29, 1.82) is 0 Å². The number of nitrogens with two attached hydrogens (primary N) is 1. The molecule has 0 saturated carbocycles. The number of hydrogen-bond donors (Lipinski definition) is 2. The maximum absolute atomic E-state index is 13.2. The number of carbonyl (C=O) groups excluding carboxylic acids is 2. The van der Waals surface area contributed by atoms with E-state index in [1.54, 1.807) is 22.8 Å². The van der Waals surface area contributed by atoms with Gasteiger partial charge in [0.15, 0.2) is 5.16 Å². The molecular weight excluding hydrogens is 369 g/mol. The molecule has 138 valence electrons. The molecule has 2 aromatic carbocycles. The molecule has 0 aliphatic rings. The molecule has 3 N–H and O–H groups in total. The van der Waals surface area contributed by atoms with Crippen LogP contribution in [0.5, 0.6) is 0 Å². The minimum Gasteiger partial charge on any atom is -0.368 e. The van der Waals surface area contributed by atoms with Crippen molar-refractivity contribution >= 4 is 29.3 Å². The number of primary amides is 1. The predicted molar refractivity (Wildman–Crippen MR) is 99.9 cm³/mol. The van der Waals surface area contributed by atoms with Crippen LogP contribution in [0.1, 0.15) is 17.7 Å². The molecule has 0 radical (unpaired) electrons. The van der Waals surface area contributed by atoms with Crippen molar-refractivity contribution in [1.82, 2.24) is 14.8 Å². The first-order valence-corrected chi connectivity index (χ1v) is 8.81. The summed E-state index contributed by atoms with van der Waals surface area (Å²) in [5.41, 5.74) is 7.42. The molecule has 7 nitrogen and oxygen atoms in total. The summed E-state index contributed by atoms with van der Waals surface area (Å²) in [4.78, 5) is 23.2. The third kappa shape index (κ3) is 4.50. The molecule has 1 heterocycles. The first-order valence-electron chi connectivity index (χ1n) is 7.93. The number of amides is 2. The standard InChI is InChI=1S/C18H16FN5O2S/c1-11(25)22-14-3-2-4-15(9-14)24-10-21-23-18(24)27-16(17(20)26)12-5-7-13(19)8-6-12/h2-10,16H,1H3,(H2,20,26)(H,22,25). The number of benzene rings is 2. The second-order valence-corrected chi connectivity index (χ2v) is 6.74. The van der Waals surface area contributed by atoms with Gasteiger partial charge >= 0.3 is 0 Å². The summed E-state index contributed by atoms with van der Waals surface area (Å²) in [5.74, 6) is -1.16. The maximum Gasteiger partial charge on any atom is 0.235 e. The van der Waals surface area contributed by atoms with Gasteiger partial charge in [-0.05, 0) is 35.9 Å². The van der Waals surface area contributed by atoms with E-state index in [0.717, 1.165) is 11.8 Å². The first kappa shape index (κ1) is 18.6. The summed E-state index contributed by atoms with van der Waals surface area (Å²) in [5, 5.41) is 10.3. The van der Waals surface area contributed by atoms with Crippen LogP contribution in [0.15, 0.2) is 60.0 Å². The van der Waals surface area contributed by atoms with Gasteiger partial charge in [-0.1, -0.05) is 30.0 Å². The number of anilines is 1. The fraction of sp³-hybridized carbons (Fsp3) is 0.111. The van der Waals surface area contributed by atoms with Gasteiger partial charge in [0.2, 0.25) is 11.8 Å². The lowest BCUT2D eigenvalue weighted by Crippen LogP contribution is -2.19. The van der Waals surface area contributed by atoms with E-state index in [1.807, 2.05) is 6.07 Å². The van der Waals surface area contributed by atoms with Crippen LogP contribution in [-0.2, 0) is 9.59 Å². The van der Waals surface area contributed by atoms with Crippen LogP contribution >= 0.6 is 11.8 Å². The van der Waals surface area contributed by atoms with E-state index in [9.17, 15) is 14.0 Å². The number of halogens is 1. The summed E-state index contributed by atoms with van der Waals surface area (Å²) in [6.45, 7) is 1.42. The van der Waals surface area contributed by atoms with E-state index in [0.29, 0.717) is 22.1 Å². The molecule has 0 bridgehead atoms. The Labute approximate surface area is 158 Å². The molecule has 1 aromatic heterocycles. The normalized spacial score (nSPS) is 11.8. The summed E-state index contributed by atoms with van der Waals surface area (Å²) >= 11 is 1.11. The molecule has 9 heteroatoms. The highest BCUT2D eigenvalue weighted by atomic mass is 32.2. The van der Waals surface area contributed by atoms with Crippen LogP contribution in [0.3, 0.4) is 0 Å². The Kier molecular flexibility index (Phi) is 5.51. The highest BCUT2D eigenvalue weighted by molar-refractivity contribution is 8.00. The number of thioether (sulfide) groups is 1. The van der Waals surface area contributed by atoms with Crippen LogP contribution in [0.4, 0.5) is 10.1 Å².